The molecule has 1 aromatic heterocycles. The predicted octanol–water partition coefficient (Wildman–Crippen LogP) is 6.03. The van der Waals surface area contributed by atoms with E-state index in [1.165, 1.54) is 0 Å². The fourth-order valence-corrected chi connectivity index (χ4v) is 3.75. The molecule has 0 saturated carbocycles. The van der Waals surface area contributed by atoms with Crippen molar-refractivity contribution in [3.8, 4) is 11.3 Å². The van der Waals surface area contributed by atoms with Crippen molar-refractivity contribution in [1.29, 1.82) is 0 Å². The fourth-order valence-electron chi connectivity index (χ4n) is 3.49. The first kappa shape index (κ1) is 25.1. The van der Waals surface area contributed by atoms with Crippen molar-refractivity contribution in [1.82, 2.24) is 4.98 Å². The predicted molar refractivity (Wildman–Crippen MR) is 141 cm³/mol. The van der Waals surface area contributed by atoms with Crippen LogP contribution in [0.5, 0.6) is 0 Å². The lowest BCUT2D eigenvalue weighted by molar-refractivity contribution is -0.119. The van der Waals surface area contributed by atoms with Gasteiger partial charge in [-0.05, 0) is 55.0 Å². The molecular weight excluding hydrogens is 524 g/mol. The third kappa shape index (κ3) is 6.14. The number of anilines is 1. The zero-order valence-electron chi connectivity index (χ0n) is 19.5. The molecule has 0 fully saturated rings. The highest BCUT2D eigenvalue weighted by Gasteiger charge is 2.17. The van der Waals surface area contributed by atoms with Crippen molar-refractivity contribution in [2.75, 3.05) is 18.5 Å². The zero-order valence-corrected chi connectivity index (χ0v) is 21.1. The van der Waals surface area contributed by atoms with Gasteiger partial charge < -0.3 is 14.8 Å². The molecule has 4 aromatic rings. The van der Waals surface area contributed by atoms with E-state index >= 15 is 0 Å². The second kappa shape index (κ2) is 11.6. The first-order chi connectivity index (χ1) is 17.4. The lowest BCUT2D eigenvalue weighted by Crippen LogP contribution is -2.21. The number of nitrogens with zero attached hydrogens (tertiary/aromatic N) is 1. The minimum atomic E-state index is -0.629. The van der Waals surface area contributed by atoms with Crippen LogP contribution in [0.1, 0.15) is 34.1 Å². The average Bonchev–Trinajstić information content (AvgIpc) is 2.90. The average molecular weight is 547 g/mol. The van der Waals surface area contributed by atoms with Crippen LogP contribution in [-0.4, -0.2) is 36.0 Å². The summed E-state index contributed by atoms with van der Waals surface area (Å²) in [6, 6.07) is 22.8. The Balaban J connectivity index is 1.44. The van der Waals surface area contributed by atoms with Crippen molar-refractivity contribution < 1.29 is 23.9 Å². The van der Waals surface area contributed by atoms with Gasteiger partial charge in [0.15, 0.2) is 6.61 Å². The number of aromatic nitrogens is 1. The van der Waals surface area contributed by atoms with E-state index in [2.05, 4.69) is 26.2 Å². The number of hydrogen-bond donors (Lipinski definition) is 1. The van der Waals surface area contributed by atoms with Crippen LogP contribution in [-0.2, 0) is 14.3 Å². The van der Waals surface area contributed by atoms with Crippen LogP contribution in [0.3, 0.4) is 0 Å². The summed E-state index contributed by atoms with van der Waals surface area (Å²) < 4.78 is 11.3. The Bertz CT molecular complexity index is 1400. The summed E-state index contributed by atoms with van der Waals surface area (Å²) in [4.78, 5) is 41.9. The first-order valence-electron chi connectivity index (χ1n) is 11.3. The molecule has 0 aliphatic rings. The van der Waals surface area contributed by atoms with Crippen LogP contribution < -0.4 is 5.32 Å². The van der Waals surface area contributed by atoms with Crippen LogP contribution in [0.15, 0.2) is 83.3 Å². The zero-order chi connectivity index (χ0) is 25.5. The SMILES string of the molecule is CCCOC(=O)c1ccc(NC(=O)COC(=O)c2cc(-c3ccc(Br)cc3)nc3ccccc23)cc1. The molecule has 3 aromatic carbocycles. The second-order valence-electron chi connectivity index (χ2n) is 7.92. The number of carbonyl (C=O) groups is 3. The summed E-state index contributed by atoms with van der Waals surface area (Å²) >= 11 is 3.42. The Morgan fingerprint density at radius 1 is 0.889 bits per heavy atom. The Kier molecular flexibility index (Phi) is 8.07. The normalized spacial score (nSPS) is 10.6. The molecule has 0 atom stereocenters. The van der Waals surface area contributed by atoms with Gasteiger partial charge in [0.2, 0.25) is 0 Å². The molecule has 0 bridgehead atoms. The Labute approximate surface area is 216 Å². The molecule has 1 amide bonds. The molecular formula is C28H23BrN2O5. The van der Waals surface area contributed by atoms with Gasteiger partial charge in [0, 0.05) is 21.1 Å². The van der Waals surface area contributed by atoms with E-state index in [4.69, 9.17) is 9.47 Å². The maximum Gasteiger partial charge on any atom is 0.339 e. The van der Waals surface area contributed by atoms with Gasteiger partial charge in [0.25, 0.3) is 5.91 Å². The van der Waals surface area contributed by atoms with Crippen molar-refractivity contribution in [3.05, 3.63) is 94.5 Å². The Morgan fingerprint density at radius 3 is 2.33 bits per heavy atom. The van der Waals surface area contributed by atoms with E-state index < -0.39 is 24.5 Å². The lowest BCUT2D eigenvalue weighted by Gasteiger charge is -2.11. The summed E-state index contributed by atoms with van der Waals surface area (Å²) in [5.41, 5.74) is 3.29. The highest BCUT2D eigenvalue weighted by molar-refractivity contribution is 9.10. The molecule has 7 nitrogen and oxygen atoms in total. The van der Waals surface area contributed by atoms with Crippen molar-refractivity contribution in [2.24, 2.45) is 0 Å². The van der Waals surface area contributed by atoms with Gasteiger partial charge in [-0.15, -0.1) is 0 Å². The topological polar surface area (TPSA) is 94.6 Å². The first-order valence-corrected chi connectivity index (χ1v) is 12.1. The van der Waals surface area contributed by atoms with Gasteiger partial charge >= 0.3 is 11.9 Å². The van der Waals surface area contributed by atoms with Crippen molar-refractivity contribution in [2.45, 2.75) is 13.3 Å². The lowest BCUT2D eigenvalue weighted by atomic mass is 10.0. The van der Waals surface area contributed by atoms with E-state index in [1.54, 1.807) is 36.4 Å². The van der Waals surface area contributed by atoms with E-state index in [0.717, 1.165) is 16.5 Å². The Morgan fingerprint density at radius 2 is 1.61 bits per heavy atom. The number of hydrogen-bond acceptors (Lipinski definition) is 6. The second-order valence-corrected chi connectivity index (χ2v) is 8.83. The van der Waals surface area contributed by atoms with Crippen LogP contribution in [0, 0.1) is 0 Å². The number of para-hydroxylation sites is 1. The maximum atomic E-state index is 13.0. The highest BCUT2D eigenvalue weighted by Crippen LogP contribution is 2.26. The van der Waals surface area contributed by atoms with Crippen LogP contribution >= 0.6 is 15.9 Å². The molecule has 0 unspecified atom stereocenters. The van der Waals surface area contributed by atoms with Crippen LogP contribution in [0.4, 0.5) is 5.69 Å². The molecule has 4 rings (SSSR count). The number of nitrogens with one attached hydrogen (secondary N) is 1. The number of benzene rings is 3. The number of rotatable bonds is 8. The van der Waals surface area contributed by atoms with Crippen LogP contribution in [0.25, 0.3) is 22.2 Å². The minimum Gasteiger partial charge on any atom is -0.462 e. The summed E-state index contributed by atoms with van der Waals surface area (Å²) in [6.07, 6.45) is 0.736. The molecule has 0 spiro atoms. The van der Waals surface area contributed by atoms with E-state index in [0.29, 0.717) is 40.0 Å². The van der Waals surface area contributed by atoms with Gasteiger partial charge in [-0.2, -0.15) is 0 Å². The highest BCUT2D eigenvalue weighted by atomic mass is 79.9. The third-order valence-electron chi connectivity index (χ3n) is 5.25. The quantitative estimate of drug-likeness (QED) is 0.271. The number of fused-ring (bicyclic) bond motifs is 1. The maximum absolute atomic E-state index is 13.0. The summed E-state index contributed by atoms with van der Waals surface area (Å²) in [5.74, 6) is -1.55. The van der Waals surface area contributed by atoms with Gasteiger partial charge in [-0.25, -0.2) is 14.6 Å². The van der Waals surface area contributed by atoms with Gasteiger partial charge in [0.05, 0.1) is 28.9 Å². The molecule has 1 heterocycles. The molecule has 0 radical (unpaired) electrons. The fraction of sp³-hybridized carbons (Fsp3) is 0.143. The third-order valence-corrected chi connectivity index (χ3v) is 5.78. The monoisotopic (exact) mass is 546 g/mol. The van der Waals surface area contributed by atoms with Crippen LogP contribution in [0.2, 0.25) is 0 Å². The number of pyridine rings is 1. The number of ether oxygens (including phenoxy) is 2. The van der Waals surface area contributed by atoms with Gasteiger partial charge in [0.1, 0.15) is 0 Å². The minimum absolute atomic E-state index is 0.321. The summed E-state index contributed by atoms with van der Waals surface area (Å²) in [7, 11) is 0. The van der Waals surface area contributed by atoms with Crippen molar-refractivity contribution in [3.63, 3.8) is 0 Å². The summed E-state index contributed by atoms with van der Waals surface area (Å²) in [6.45, 7) is 1.79. The van der Waals surface area contributed by atoms with E-state index in [9.17, 15) is 14.4 Å². The smallest absolute Gasteiger partial charge is 0.339 e. The van der Waals surface area contributed by atoms with E-state index in [-0.39, 0.29) is 0 Å². The molecule has 0 aliphatic carbocycles. The molecule has 8 heteroatoms. The van der Waals surface area contributed by atoms with Gasteiger partial charge in [-0.3, -0.25) is 4.79 Å². The van der Waals surface area contributed by atoms with E-state index in [1.807, 2.05) is 49.4 Å². The number of halogens is 1. The molecule has 0 aliphatic heterocycles. The summed E-state index contributed by atoms with van der Waals surface area (Å²) in [5, 5.41) is 3.29. The number of carbonyl (C=O) groups excluding carboxylic acids is 3. The Hall–Kier alpha value is -4.04. The van der Waals surface area contributed by atoms with Gasteiger partial charge in [-0.1, -0.05) is 53.2 Å². The molecule has 36 heavy (non-hydrogen) atoms. The number of amides is 1. The number of esters is 2. The molecule has 0 saturated heterocycles. The molecule has 182 valence electrons. The van der Waals surface area contributed by atoms with Crippen molar-refractivity contribution >= 4 is 50.4 Å². The standard InChI is InChI=1S/C28H23BrN2O5/c1-2-15-35-27(33)19-9-13-21(14-10-19)30-26(32)17-36-28(34)23-16-25(18-7-11-20(29)12-8-18)31-24-6-4-3-5-22(23)24/h3-14,16H,2,15,17H2,1H3,(H,30,32). The molecule has 1 N–H and O–H groups in total. The largest absolute Gasteiger partial charge is 0.462 e.